The van der Waals surface area contributed by atoms with E-state index in [4.69, 9.17) is 11.6 Å². The van der Waals surface area contributed by atoms with Crippen LogP contribution in [0.1, 0.15) is 30.9 Å². The number of carbonyl (C=O) groups is 2. The molecular weight excluding hydrogens is 264 g/mol. The van der Waals surface area contributed by atoms with E-state index in [-0.39, 0.29) is 11.8 Å². The van der Waals surface area contributed by atoms with Gasteiger partial charge in [0.15, 0.2) is 5.78 Å². The van der Waals surface area contributed by atoms with Gasteiger partial charge in [0.2, 0.25) is 0 Å². The predicted octanol–water partition coefficient (Wildman–Crippen LogP) is 2.70. The van der Waals surface area contributed by atoms with E-state index in [0.717, 1.165) is 24.1 Å². The molecule has 1 aromatic rings. The van der Waals surface area contributed by atoms with Crippen LogP contribution >= 0.6 is 11.6 Å². The molecule has 1 heterocycles. The number of hydrogen-bond acceptors (Lipinski definition) is 2. The van der Waals surface area contributed by atoms with Crippen LogP contribution in [0.15, 0.2) is 35.5 Å². The first-order valence-electron chi connectivity index (χ1n) is 6.24. The zero-order valence-corrected chi connectivity index (χ0v) is 11.0. The van der Waals surface area contributed by atoms with Crippen LogP contribution in [-0.2, 0) is 4.79 Å². The first-order chi connectivity index (χ1) is 9.15. The third-order valence-corrected chi connectivity index (χ3v) is 3.70. The highest BCUT2D eigenvalue weighted by Gasteiger charge is 2.34. The Morgan fingerprint density at radius 1 is 1.21 bits per heavy atom. The smallest absolute Gasteiger partial charge is 0.319 e. The van der Waals surface area contributed by atoms with E-state index in [1.165, 1.54) is 0 Å². The number of ketones is 1. The molecule has 3 rings (SSSR count). The van der Waals surface area contributed by atoms with Gasteiger partial charge in [-0.15, -0.1) is 0 Å². The lowest BCUT2D eigenvalue weighted by molar-refractivity contribution is -0.116. The second-order valence-electron chi connectivity index (χ2n) is 4.76. The van der Waals surface area contributed by atoms with Crippen LogP contribution in [-0.4, -0.2) is 11.8 Å². The van der Waals surface area contributed by atoms with Gasteiger partial charge in [-0.3, -0.25) is 4.79 Å². The van der Waals surface area contributed by atoms with Gasteiger partial charge in [-0.1, -0.05) is 23.7 Å². The van der Waals surface area contributed by atoms with Crippen molar-refractivity contribution in [3.05, 3.63) is 46.1 Å². The lowest BCUT2D eigenvalue weighted by Gasteiger charge is -2.32. The van der Waals surface area contributed by atoms with Gasteiger partial charge >= 0.3 is 6.03 Å². The molecule has 5 heteroatoms. The predicted molar refractivity (Wildman–Crippen MR) is 71.7 cm³/mol. The number of urea groups is 1. The maximum Gasteiger partial charge on any atom is 0.319 e. The summed E-state index contributed by atoms with van der Waals surface area (Å²) in [6.07, 6.45) is 2.07. The molecule has 0 fully saturated rings. The molecule has 0 aromatic heterocycles. The van der Waals surface area contributed by atoms with Crippen molar-refractivity contribution in [3.8, 4) is 0 Å². The Morgan fingerprint density at radius 3 is 2.84 bits per heavy atom. The summed E-state index contributed by atoms with van der Waals surface area (Å²) >= 11 is 5.98. The number of Topliss-reactive ketones (excluding diaryl/α,β-unsaturated/α-hetero) is 1. The Labute approximate surface area is 115 Å². The van der Waals surface area contributed by atoms with E-state index in [1.54, 1.807) is 12.1 Å². The molecule has 19 heavy (non-hydrogen) atoms. The number of hydrogen-bond donors (Lipinski definition) is 2. The van der Waals surface area contributed by atoms with Gasteiger partial charge in [0.25, 0.3) is 0 Å². The van der Waals surface area contributed by atoms with Crippen LogP contribution in [0.5, 0.6) is 0 Å². The molecule has 1 aliphatic heterocycles. The molecule has 98 valence electrons. The van der Waals surface area contributed by atoms with Gasteiger partial charge in [-0.05, 0) is 30.5 Å². The fourth-order valence-corrected chi connectivity index (χ4v) is 2.84. The lowest BCUT2D eigenvalue weighted by Crippen LogP contribution is -2.46. The summed E-state index contributed by atoms with van der Waals surface area (Å²) in [5.74, 6) is 0.0960. The summed E-state index contributed by atoms with van der Waals surface area (Å²) in [5, 5.41) is 6.13. The topological polar surface area (TPSA) is 58.2 Å². The number of nitrogens with one attached hydrogen (secondary N) is 2. The molecule has 0 spiro atoms. The highest BCUT2D eigenvalue weighted by atomic mass is 35.5. The van der Waals surface area contributed by atoms with E-state index in [9.17, 15) is 9.59 Å². The van der Waals surface area contributed by atoms with Crippen LogP contribution in [0.25, 0.3) is 0 Å². The Hall–Kier alpha value is -1.81. The summed E-state index contributed by atoms with van der Waals surface area (Å²) < 4.78 is 0. The number of carbonyl (C=O) groups excluding carboxylic acids is 2. The summed E-state index contributed by atoms with van der Waals surface area (Å²) in [4.78, 5) is 23.8. The zero-order chi connectivity index (χ0) is 13.4. The standard InChI is InChI=1S/C14H13ClN2O2/c15-9-4-1-3-8(7-9)13-12-10(16-14(19)17-13)5-2-6-11(12)18/h1,3-4,7,13H,2,5-6H2,(H2,16,17,19). The summed E-state index contributed by atoms with van der Waals surface area (Å²) in [5.41, 5.74) is 2.27. The van der Waals surface area contributed by atoms with Crippen LogP contribution in [0.4, 0.5) is 4.79 Å². The van der Waals surface area contributed by atoms with Crippen molar-refractivity contribution in [2.45, 2.75) is 25.3 Å². The Bertz CT molecular complexity index is 595. The van der Waals surface area contributed by atoms with Crippen molar-refractivity contribution in [2.75, 3.05) is 0 Å². The SMILES string of the molecule is O=C1NC2=C(C(=O)CCC2)C(c2cccc(Cl)c2)N1. The fourth-order valence-electron chi connectivity index (χ4n) is 2.64. The van der Waals surface area contributed by atoms with E-state index >= 15 is 0 Å². The van der Waals surface area contributed by atoms with Crippen LogP contribution in [0, 0.1) is 0 Å². The van der Waals surface area contributed by atoms with Gasteiger partial charge in [-0.25, -0.2) is 4.79 Å². The number of benzene rings is 1. The molecule has 1 aliphatic carbocycles. The molecule has 1 unspecified atom stereocenters. The monoisotopic (exact) mass is 276 g/mol. The molecule has 2 amide bonds. The van der Waals surface area contributed by atoms with Gasteiger partial charge in [0.1, 0.15) is 0 Å². The number of rotatable bonds is 1. The molecule has 4 nitrogen and oxygen atoms in total. The lowest BCUT2D eigenvalue weighted by atomic mass is 9.85. The first-order valence-corrected chi connectivity index (χ1v) is 6.62. The fraction of sp³-hybridized carbons (Fsp3) is 0.286. The highest BCUT2D eigenvalue weighted by molar-refractivity contribution is 6.30. The Morgan fingerprint density at radius 2 is 2.05 bits per heavy atom. The second kappa shape index (κ2) is 4.70. The average molecular weight is 277 g/mol. The van der Waals surface area contributed by atoms with Gasteiger partial charge in [0.05, 0.1) is 6.04 Å². The molecule has 1 atom stereocenters. The number of halogens is 1. The van der Waals surface area contributed by atoms with Crippen LogP contribution in [0.3, 0.4) is 0 Å². The minimum Gasteiger partial charge on any atom is -0.327 e. The van der Waals surface area contributed by atoms with Crippen molar-refractivity contribution in [1.82, 2.24) is 10.6 Å². The zero-order valence-electron chi connectivity index (χ0n) is 10.2. The molecule has 0 bridgehead atoms. The van der Waals surface area contributed by atoms with Crippen molar-refractivity contribution >= 4 is 23.4 Å². The summed E-state index contributed by atoms with van der Waals surface area (Å²) in [6, 6.07) is 6.58. The van der Waals surface area contributed by atoms with Crippen molar-refractivity contribution < 1.29 is 9.59 Å². The third-order valence-electron chi connectivity index (χ3n) is 3.47. The number of allylic oxidation sites excluding steroid dienone is 1. The molecule has 0 radical (unpaired) electrons. The average Bonchev–Trinajstić information content (AvgIpc) is 2.37. The largest absolute Gasteiger partial charge is 0.327 e. The van der Waals surface area contributed by atoms with E-state index in [2.05, 4.69) is 10.6 Å². The number of amides is 2. The van der Waals surface area contributed by atoms with Gasteiger partial charge < -0.3 is 10.6 Å². The van der Waals surface area contributed by atoms with Gasteiger partial charge in [0, 0.05) is 22.7 Å². The molecule has 1 aromatic carbocycles. The van der Waals surface area contributed by atoms with Crippen LogP contribution < -0.4 is 10.6 Å². The Balaban J connectivity index is 2.08. The minimum atomic E-state index is -0.393. The van der Waals surface area contributed by atoms with E-state index in [0.29, 0.717) is 17.0 Å². The summed E-state index contributed by atoms with van der Waals surface area (Å²) in [6.45, 7) is 0. The maximum absolute atomic E-state index is 12.1. The molecule has 2 N–H and O–H groups in total. The van der Waals surface area contributed by atoms with Crippen molar-refractivity contribution in [2.24, 2.45) is 0 Å². The third kappa shape index (κ3) is 2.24. The molecule has 0 saturated carbocycles. The Kier molecular flexibility index (Phi) is 3.03. The second-order valence-corrected chi connectivity index (χ2v) is 5.19. The van der Waals surface area contributed by atoms with Crippen molar-refractivity contribution in [1.29, 1.82) is 0 Å². The highest BCUT2D eigenvalue weighted by Crippen LogP contribution is 2.33. The van der Waals surface area contributed by atoms with E-state index < -0.39 is 6.04 Å². The molecule has 0 saturated heterocycles. The first kappa shape index (κ1) is 12.2. The quantitative estimate of drug-likeness (QED) is 0.828. The molecular formula is C14H13ClN2O2. The van der Waals surface area contributed by atoms with Gasteiger partial charge in [-0.2, -0.15) is 0 Å². The normalized spacial score (nSPS) is 22.7. The van der Waals surface area contributed by atoms with E-state index in [1.807, 2.05) is 12.1 Å². The molecule has 2 aliphatic rings. The summed E-state index contributed by atoms with van der Waals surface area (Å²) in [7, 11) is 0. The van der Waals surface area contributed by atoms with Crippen LogP contribution in [0.2, 0.25) is 5.02 Å². The minimum absolute atomic E-state index is 0.0960. The maximum atomic E-state index is 12.1. The van der Waals surface area contributed by atoms with Crippen molar-refractivity contribution in [3.63, 3.8) is 0 Å².